The van der Waals surface area contributed by atoms with Crippen LogP contribution in [-0.4, -0.2) is 49.5 Å². The van der Waals surface area contributed by atoms with Crippen LogP contribution in [-0.2, 0) is 14.3 Å². The predicted octanol–water partition coefficient (Wildman–Crippen LogP) is 6.08. The van der Waals surface area contributed by atoms with E-state index in [4.69, 9.17) is 30.5 Å². The number of anilines is 2. The minimum atomic E-state index is -0.496. The third-order valence-corrected chi connectivity index (χ3v) is 5.56. The quantitative estimate of drug-likeness (QED) is 0.191. The summed E-state index contributed by atoms with van der Waals surface area (Å²) in [5, 5.41) is 3.88. The van der Waals surface area contributed by atoms with Gasteiger partial charge in [0.1, 0.15) is 24.6 Å². The summed E-state index contributed by atoms with van der Waals surface area (Å²) in [4.78, 5) is 20.1. The first-order chi connectivity index (χ1) is 17.5. The number of halogens is 2. The van der Waals surface area contributed by atoms with Crippen molar-refractivity contribution in [2.24, 2.45) is 0 Å². The van der Waals surface area contributed by atoms with Gasteiger partial charge in [0.05, 0.1) is 30.4 Å². The van der Waals surface area contributed by atoms with Crippen molar-refractivity contribution in [2.75, 3.05) is 38.9 Å². The zero-order chi connectivity index (χ0) is 25.8. The number of aromatic nitrogens is 2. The monoisotopic (exact) mass is 519 g/mol. The lowest BCUT2D eigenvalue weighted by atomic mass is 10.1. The van der Waals surface area contributed by atoms with Crippen molar-refractivity contribution in [2.45, 2.75) is 39.0 Å². The van der Waals surface area contributed by atoms with E-state index < -0.39 is 5.82 Å². The Kier molecular flexibility index (Phi) is 11.0. The van der Waals surface area contributed by atoms with E-state index in [-0.39, 0.29) is 11.0 Å². The van der Waals surface area contributed by atoms with Gasteiger partial charge in [-0.15, -0.1) is 0 Å². The lowest BCUT2D eigenvalue weighted by Gasteiger charge is -2.15. The average Bonchev–Trinajstić information content (AvgIpc) is 2.86. The minimum Gasteiger partial charge on any atom is -0.490 e. The first-order valence-electron chi connectivity index (χ1n) is 11.9. The molecule has 1 N–H and O–H groups in total. The van der Waals surface area contributed by atoms with Crippen molar-refractivity contribution >= 4 is 40.0 Å². The molecule has 0 atom stereocenters. The smallest absolute Gasteiger partial charge is 0.305 e. The number of nitrogens with zero attached hydrogens (tertiary/aromatic N) is 2. The molecule has 2 aromatic carbocycles. The second-order valence-corrected chi connectivity index (χ2v) is 8.36. The third kappa shape index (κ3) is 8.20. The molecule has 0 saturated heterocycles. The fourth-order valence-electron chi connectivity index (χ4n) is 3.48. The molecular formula is C26H31ClFN3O5. The largest absolute Gasteiger partial charge is 0.490 e. The predicted molar refractivity (Wildman–Crippen MR) is 137 cm³/mol. The summed E-state index contributed by atoms with van der Waals surface area (Å²) < 4.78 is 35.5. The number of unbranched alkanes of at least 4 members (excludes halogenated alkanes) is 3. The van der Waals surface area contributed by atoms with Crippen molar-refractivity contribution < 1.29 is 28.1 Å². The first-order valence-corrected chi connectivity index (χ1v) is 12.3. The van der Waals surface area contributed by atoms with Crippen LogP contribution in [0.4, 0.5) is 15.9 Å². The van der Waals surface area contributed by atoms with E-state index >= 15 is 0 Å². The van der Waals surface area contributed by atoms with E-state index in [1.165, 1.54) is 18.5 Å². The maximum Gasteiger partial charge on any atom is 0.305 e. The fraction of sp³-hybridized carbons (Fsp3) is 0.423. The van der Waals surface area contributed by atoms with Crippen LogP contribution in [0.3, 0.4) is 0 Å². The number of carbonyl (C=O) groups is 1. The van der Waals surface area contributed by atoms with E-state index in [1.54, 1.807) is 20.1 Å². The highest BCUT2D eigenvalue weighted by atomic mass is 35.5. The number of hydrogen-bond donors (Lipinski definition) is 1. The van der Waals surface area contributed by atoms with Crippen LogP contribution in [0.25, 0.3) is 10.9 Å². The van der Waals surface area contributed by atoms with Gasteiger partial charge in [0.2, 0.25) is 0 Å². The molecule has 0 aliphatic carbocycles. The van der Waals surface area contributed by atoms with Crippen LogP contribution in [0, 0.1) is 5.82 Å². The first kappa shape index (κ1) is 27.4. The standard InChI is InChI=1S/C26H31ClFN3O5/c1-3-34-25(32)8-6-4-5-7-11-35-24-16-22-19(15-23(24)36-13-12-33-2)26(30-17-29-22)31-18-9-10-21(28)20(27)14-18/h9-10,14-17H,3-8,11-13H2,1-2H3,(H,29,30,31). The van der Waals surface area contributed by atoms with Crippen molar-refractivity contribution in [3.63, 3.8) is 0 Å². The van der Waals surface area contributed by atoms with Crippen molar-refractivity contribution in [3.05, 3.63) is 47.5 Å². The molecule has 36 heavy (non-hydrogen) atoms. The number of nitrogens with one attached hydrogen (secondary N) is 1. The normalized spacial score (nSPS) is 10.9. The molecule has 0 amide bonds. The van der Waals surface area contributed by atoms with Crippen LogP contribution in [0.1, 0.15) is 39.0 Å². The van der Waals surface area contributed by atoms with Gasteiger partial charge >= 0.3 is 5.97 Å². The fourth-order valence-corrected chi connectivity index (χ4v) is 3.66. The number of fused-ring (bicyclic) bond motifs is 1. The Labute approximate surface area is 215 Å². The van der Waals surface area contributed by atoms with Gasteiger partial charge in [-0.3, -0.25) is 4.79 Å². The number of carbonyl (C=O) groups excluding carboxylic acids is 1. The average molecular weight is 520 g/mol. The summed E-state index contributed by atoms with van der Waals surface area (Å²) in [6, 6.07) is 7.98. The molecule has 10 heteroatoms. The van der Waals surface area contributed by atoms with Gasteiger partial charge in [0.25, 0.3) is 0 Å². The highest BCUT2D eigenvalue weighted by Crippen LogP contribution is 2.35. The van der Waals surface area contributed by atoms with E-state index in [0.29, 0.717) is 66.8 Å². The lowest BCUT2D eigenvalue weighted by molar-refractivity contribution is -0.143. The van der Waals surface area contributed by atoms with E-state index in [9.17, 15) is 9.18 Å². The van der Waals surface area contributed by atoms with E-state index in [2.05, 4.69) is 15.3 Å². The Hall–Kier alpha value is -3.17. The van der Waals surface area contributed by atoms with Crippen LogP contribution in [0.2, 0.25) is 5.02 Å². The SMILES string of the molecule is CCOC(=O)CCCCCCOc1cc2ncnc(Nc3ccc(F)c(Cl)c3)c2cc1OCCOC. The number of methoxy groups -OCH3 is 1. The van der Waals surface area contributed by atoms with Gasteiger partial charge in [-0.2, -0.15) is 0 Å². The molecule has 3 rings (SSSR count). The highest BCUT2D eigenvalue weighted by Gasteiger charge is 2.13. The van der Waals surface area contributed by atoms with Gasteiger partial charge < -0.3 is 24.3 Å². The van der Waals surface area contributed by atoms with Crippen LogP contribution >= 0.6 is 11.6 Å². The molecule has 0 spiro atoms. The molecule has 1 heterocycles. The second kappa shape index (κ2) is 14.4. The molecule has 1 aromatic heterocycles. The molecule has 0 fully saturated rings. The summed E-state index contributed by atoms with van der Waals surface area (Å²) in [6.45, 7) is 3.48. The lowest BCUT2D eigenvalue weighted by Crippen LogP contribution is -2.07. The molecule has 3 aromatic rings. The Morgan fingerprint density at radius 2 is 1.78 bits per heavy atom. The molecule has 8 nitrogen and oxygen atoms in total. The van der Waals surface area contributed by atoms with Crippen molar-refractivity contribution in [1.82, 2.24) is 9.97 Å². The molecule has 0 aliphatic heterocycles. The molecule has 0 aliphatic rings. The molecule has 0 bridgehead atoms. The Bertz CT molecular complexity index is 1150. The van der Waals surface area contributed by atoms with Gasteiger partial charge in [-0.05, 0) is 44.0 Å². The summed E-state index contributed by atoms with van der Waals surface area (Å²) in [5.41, 5.74) is 1.25. The molecule has 0 saturated carbocycles. The van der Waals surface area contributed by atoms with Crippen LogP contribution in [0.15, 0.2) is 36.7 Å². The van der Waals surface area contributed by atoms with E-state index in [0.717, 1.165) is 25.7 Å². The number of esters is 1. The van der Waals surface area contributed by atoms with E-state index in [1.807, 2.05) is 12.1 Å². The Morgan fingerprint density at radius 1 is 1.00 bits per heavy atom. The van der Waals surface area contributed by atoms with Crippen molar-refractivity contribution in [1.29, 1.82) is 0 Å². The third-order valence-electron chi connectivity index (χ3n) is 5.27. The molecular weight excluding hydrogens is 489 g/mol. The van der Waals surface area contributed by atoms with Crippen molar-refractivity contribution in [3.8, 4) is 11.5 Å². The zero-order valence-electron chi connectivity index (χ0n) is 20.5. The van der Waals surface area contributed by atoms with Gasteiger partial charge in [-0.25, -0.2) is 14.4 Å². The summed E-state index contributed by atoms with van der Waals surface area (Å²) in [7, 11) is 1.60. The van der Waals surface area contributed by atoms with Crippen LogP contribution < -0.4 is 14.8 Å². The number of hydrogen-bond acceptors (Lipinski definition) is 8. The van der Waals surface area contributed by atoms with Gasteiger partial charge in [0, 0.05) is 30.7 Å². The topological polar surface area (TPSA) is 91.8 Å². The Morgan fingerprint density at radius 3 is 2.56 bits per heavy atom. The molecule has 0 radical (unpaired) electrons. The Balaban J connectivity index is 1.69. The highest BCUT2D eigenvalue weighted by molar-refractivity contribution is 6.31. The summed E-state index contributed by atoms with van der Waals surface area (Å²) in [6.07, 6.45) is 5.37. The zero-order valence-corrected chi connectivity index (χ0v) is 21.3. The summed E-state index contributed by atoms with van der Waals surface area (Å²) >= 11 is 5.91. The minimum absolute atomic E-state index is 0.0125. The summed E-state index contributed by atoms with van der Waals surface area (Å²) in [5.74, 6) is 0.981. The number of rotatable bonds is 15. The number of benzene rings is 2. The molecule has 0 unspecified atom stereocenters. The maximum atomic E-state index is 13.5. The van der Waals surface area contributed by atoms with Gasteiger partial charge in [-0.1, -0.05) is 24.4 Å². The second-order valence-electron chi connectivity index (χ2n) is 7.95. The number of ether oxygens (including phenoxy) is 4. The van der Waals surface area contributed by atoms with Gasteiger partial charge in [0.15, 0.2) is 11.5 Å². The van der Waals surface area contributed by atoms with Crippen LogP contribution in [0.5, 0.6) is 11.5 Å². The molecule has 194 valence electrons. The maximum absolute atomic E-state index is 13.5.